The van der Waals surface area contributed by atoms with Crippen LogP contribution in [0.15, 0.2) is 42.6 Å². The summed E-state index contributed by atoms with van der Waals surface area (Å²) in [5, 5.41) is 12.1. The number of aromatic carboxylic acids is 1. The number of carbonyl (C=O) groups is 1. The number of methoxy groups -OCH3 is 1. The van der Waals surface area contributed by atoms with Crippen LogP contribution in [0.2, 0.25) is 0 Å². The summed E-state index contributed by atoms with van der Waals surface area (Å²) < 4.78 is 4.97. The van der Waals surface area contributed by atoms with Crippen LogP contribution in [0, 0.1) is 0 Å². The first kappa shape index (κ1) is 12.9. The Morgan fingerprint density at radius 3 is 2.74 bits per heavy atom. The molecule has 2 aromatic rings. The Labute approximate surface area is 110 Å². The number of benzene rings is 1. The average molecular weight is 258 g/mol. The Bertz CT molecular complexity index is 567. The highest BCUT2D eigenvalue weighted by atomic mass is 16.5. The number of anilines is 1. The van der Waals surface area contributed by atoms with Crippen molar-refractivity contribution in [2.75, 3.05) is 12.4 Å². The fourth-order valence-electron chi connectivity index (χ4n) is 1.66. The number of carboxylic acid groups (broad SMARTS) is 1. The lowest BCUT2D eigenvalue weighted by Crippen LogP contribution is -2.06. The van der Waals surface area contributed by atoms with Gasteiger partial charge in [0, 0.05) is 24.5 Å². The molecule has 1 aromatic heterocycles. The Hall–Kier alpha value is -2.56. The molecule has 0 fully saturated rings. The number of nitrogens with one attached hydrogen (secondary N) is 1. The summed E-state index contributed by atoms with van der Waals surface area (Å²) in [5.74, 6) is -0.398. The molecule has 0 aliphatic rings. The minimum atomic E-state index is -0.948. The molecule has 0 atom stereocenters. The summed E-state index contributed by atoms with van der Waals surface area (Å²) >= 11 is 0. The van der Waals surface area contributed by atoms with Crippen molar-refractivity contribution in [1.82, 2.24) is 4.98 Å². The number of nitrogens with zero attached hydrogens (tertiary/aromatic N) is 1. The number of ether oxygens (including phenoxy) is 1. The molecule has 1 aromatic carbocycles. The number of aromatic nitrogens is 1. The molecule has 98 valence electrons. The third kappa shape index (κ3) is 3.22. The second-order valence-corrected chi connectivity index (χ2v) is 3.91. The van der Waals surface area contributed by atoms with Gasteiger partial charge in [-0.25, -0.2) is 9.78 Å². The van der Waals surface area contributed by atoms with Crippen molar-refractivity contribution in [2.24, 2.45) is 0 Å². The van der Waals surface area contributed by atoms with Crippen LogP contribution in [0.1, 0.15) is 15.9 Å². The second kappa shape index (κ2) is 5.86. The number of rotatable bonds is 5. The molecule has 1 heterocycles. The standard InChI is InChI=1S/C14H14N2O3/c1-19-13-7-6-10(9-16-13)8-15-12-5-3-2-4-11(12)14(17)18/h2-7,9,15H,8H2,1H3,(H,17,18). The summed E-state index contributed by atoms with van der Waals surface area (Å²) in [5.41, 5.74) is 1.79. The largest absolute Gasteiger partial charge is 0.481 e. The number of hydrogen-bond donors (Lipinski definition) is 2. The van der Waals surface area contributed by atoms with Gasteiger partial charge in [0.1, 0.15) is 0 Å². The highest BCUT2D eigenvalue weighted by Gasteiger charge is 2.08. The molecule has 0 saturated carbocycles. The van der Waals surface area contributed by atoms with E-state index in [1.165, 1.54) is 0 Å². The molecule has 19 heavy (non-hydrogen) atoms. The van der Waals surface area contributed by atoms with Gasteiger partial charge in [-0.1, -0.05) is 18.2 Å². The fourth-order valence-corrected chi connectivity index (χ4v) is 1.66. The Morgan fingerprint density at radius 1 is 1.32 bits per heavy atom. The Morgan fingerprint density at radius 2 is 2.11 bits per heavy atom. The molecule has 2 rings (SSSR count). The van der Waals surface area contributed by atoms with Crippen LogP contribution in [0.25, 0.3) is 0 Å². The molecule has 5 heteroatoms. The van der Waals surface area contributed by atoms with E-state index in [0.717, 1.165) is 5.56 Å². The quantitative estimate of drug-likeness (QED) is 0.861. The van der Waals surface area contributed by atoms with Gasteiger partial charge in [-0.15, -0.1) is 0 Å². The highest BCUT2D eigenvalue weighted by Crippen LogP contribution is 2.16. The maximum atomic E-state index is 11.0. The van der Waals surface area contributed by atoms with Gasteiger partial charge < -0.3 is 15.2 Å². The number of carboxylic acids is 1. The maximum Gasteiger partial charge on any atom is 0.337 e. The first-order valence-electron chi connectivity index (χ1n) is 5.76. The van der Waals surface area contributed by atoms with E-state index in [0.29, 0.717) is 18.1 Å². The lowest BCUT2D eigenvalue weighted by molar-refractivity contribution is 0.0698. The molecule has 0 amide bonds. The van der Waals surface area contributed by atoms with Gasteiger partial charge >= 0.3 is 5.97 Å². The highest BCUT2D eigenvalue weighted by molar-refractivity contribution is 5.94. The van der Waals surface area contributed by atoms with Gasteiger partial charge in [-0.2, -0.15) is 0 Å². The minimum absolute atomic E-state index is 0.254. The van der Waals surface area contributed by atoms with Crippen molar-refractivity contribution < 1.29 is 14.6 Å². The summed E-state index contributed by atoms with van der Waals surface area (Å²) in [7, 11) is 1.56. The summed E-state index contributed by atoms with van der Waals surface area (Å²) in [6.45, 7) is 0.501. The third-order valence-corrected chi connectivity index (χ3v) is 2.65. The van der Waals surface area contributed by atoms with Crippen molar-refractivity contribution in [3.63, 3.8) is 0 Å². The Kier molecular flexibility index (Phi) is 3.97. The van der Waals surface area contributed by atoms with Crippen molar-refractivity contribution in [1.29, 1.82) is 0 Å². The lowest BCUT2D eigenvalue weighted by Gasteiger charge is -2.09. The van der Waals surface area contributed by atoms with Gasteiger partial charge in [0.2, 0.25) is 5.88 Å². The maximum absolute atomic E-state index is 11.0. The molecule has 0 radical (unpaired) electrons. The van der Waals surface area contributed by atoms with E-state index in [1.807, 2.05) is 6.07 Å². The SMILES string of the molecule is COc1ccc(CNc2ccccc2C(=O)O)cn1. The van der Waals surface area contributed by atoms with E-state index >= 15 is 0 Å². The normalized spacial score (nSPS) is 9.95. The second-order valence-electron chi connectivity index (χ2n) is 3.91. The molecule has 5 nitrogen and oxygen atoms in total. The van der Waals surface area contributed by atoms with Crippen LogP contribution in [-0.2, 0) is 6.54 Å². The summed E-state index contributed by atoms with van der Waals surface area (Å²) in [6, 6.07) is 10.4. The van der Waals surface area contributed by atoms with Crippen LogP contribution in [0.4, 0.5) is 5.69 Å². The van der Waals surface area contributed by atoms with Crippen molar-refractivity contribution in [3.05, 3.63) is 53.7 Å². The minimum Gasteiger partial charge on any atom is -0.481 e. The molecule has 2 N–H and O–H groups in total. The molecule has 0 aliphatic carbocycles. The zero-order chi connectivity index (χ0) is 13.7. The molecule has 0 spiro atoms. The van der Waals surface area contributed by atoms with E-state index in [9.17, 15) is 4.79 Å². The van der Waals surface area contributed by atoms with E-state index in [2.05, 4.69) is 10.3 Å². The van der Waals surface area contributed by atoms with E-state index in [1.54, 1.807) is 43.6 Å². The zero-order valence-corrected chi connectivity index (χ0v) is 10.5. The summed E-state index contributed by atoms with van der Waals surface area (Å²) in [6.07, 6.45) is 1.69. The van der Waals surface area contributed by atoms with Crippen LogP contribution in [-0.4, -0.2) is 23.2 Å². The number of pyridine rings is 1. The van der Waals surface area contributed by atoms with Crippen molar-refractivity contribution in [2.45, 2.75) is 6.54 Å². The monoisotopic (exact) mass is 258 g/mol. The lowest BCUT2D eigenvalue weighted by atomic mass is 10.1. The van der Waals surface area contributed by atoms with Gasteiger partial charge in [0.05, 0.1) is 12.7 Å². The molecule has 0 saturated heterocycles. The van der Waals surface area contributed by atoms with Crippen molar-refractivity contribution >= 4 is 11.7 Å². The van der Waals surface area contributed by atoms with E-state index in [-0.39, 0.29) is 5.56 Å². The Balaban J connectivity index is 2.07. The topological polar surface area (TPSA) is 71.5 Å². The van der Waals surface area contributed by atoms with Crippen LogP contribution in [0.3, 0.4) is 0 Å². The van der Waals surface area contributed by atoms with Gasteiger partial charge in [0.15, 0.2) is 0 Å². The molecule has 0 unspecified atom stereocenters. The molecular formula is C14H14N2O3. The zero-order valence-electron chi connectivity index (χ0n) is 10.5. The first-order valence-corrected chi connectivity index (χ1v) is 5.76. The molecular weight excluding hydrogens is 244 g/mol. The predicted molar refractivity (Wildman–Crippen MR) is 71.5 cm³/mol. The van der Waals surface area contributed by atoms with Crippen LogP contribution >= 0.6 is 0 Å². The number of para-hydroxylation sites is 1. The predicted octanol–water partition coefficient (Wildman–Crippen LogP) is 2.40. The van der Waals surface area contributed by atoms with E-state index < -0.39 is 5.97 Å². The molecule has 0 bridgehead atoms. The van der Waals surface area contributed by atoms with Crippen molar-refractivity contribution in [3.8, 4) is 5.88 Å². The van der Waals surface area contributed by atoms with Crippen LogP contribution < -0.4 is 10.1 Å². The van der Waals surface area contributed by atoms with E-state index in [4.69, 9.17) is 9.84 Å². The van der Waals surface area contributed by atoms with Crippen LogP contribution in [0.5, 0.6) is 5.88 Å². The van der Waals surface area contributed by atoms with Gasteiger partial charge in [-0.3, -0.25) is 0 Å². The summed E-state index contributed by atoms with van der Waals surface area (Å²) in [4.78, 5) is 15.1. The molecule has 0 aliphatic heterocycles. The third-order valence-electron chi connectivity index (χ3n) is 2.65. The van der Waals surface area contributed by atoms with Gasteiger partial charge in [-0.05, 0) is 17.7 Å². The average Bonchev–Trinajstić information content (AvgIpc) is 2.46. The fraction of sp³-hybridized carbons (Fsp3) is 0.143. The number of hydrogen-bond acceptors (Lipinski definition) is 4. The smallest absolute Gasteiger partial charge is 0.337 e. The van der Waals surface area contributed by atoms with Gasteiger partial charge in [0.25, 0.3) is 0 Å². The first-order chi connectivity index (χ1) is 9.20.